The van der Waals surface area contributed by atoms with Gasteiger partial charge in [0, 0.05) is 6.42 Å². The van der Waals surface area contributed by atoms with E-state index in [9.17, 15) is 30.3 Å². The lowest BCUT2D eigenvalue weighted by Crippen LogP contribution is -2.60. The smallest absolute Gasteiger partial charge is 0.220 e. The second kappa shape index (κ2) is 65.1. The number of amides is 1. The van der Waals surface area contributed by atoms with Gasteiger partial charge in [-0.15, -0.1) is 0 Å². The van der Waals surface area contributed by atoms with Gasteiger partial charge in [0.1, 0.15) is 24.4 Å². The highest BCUT2D eigenvalue weighted by molar-refractivity contribution is 5.76. The fourth-order valence-corrected chi connectivity index (χ4v) is 11.3. The average Bonchev–Trinajstić information content (AvgIpc) is 2.60. The molecule has 0 radical (unpaired) electrons. The second-order valence-corrected chi connectivity index (χ2v) is 25.0. The van der Waals surface area contributed by atoms with Crippen LogP contribution < -0.4 is 5.32 Å². The Labute approximate surface area is 530 Å². The molecular weight excluding hydrogens is 1070 g/mol. The van der Waals surface area contributed by atoms with Crippen molar-refractivity contribution in [2.45, 2.75) is 371 Å². The van der Waals surface area contributed by atoms with Crippen LogP contribution in [0.15, 0.2) is 97.2 Å². The number of hydrogen-bond acceptors (Lipinski definition) is 8. The van der Waals surface area contributed by atoms with E-state index in [1.165, 1.54) is 199 Å². The molecule has 0 bridgehead atoms. The van der Waals surface area contributed by atoms with Gasteiger partial charge in [0.05, 0.1) is 25.4 Å². The van der Waals surface area contributed by atoms with Crippen LogP contribution in [0.5, 0.6) is 0 Å². The predicted octanol–water partition coefficient (Wildman–Crippen LogP) is 20.3. The maximum atomic E-state index is 13.2. The standard InChI is InChI=1S/C77H137NO8/c1-3-5-7-9-11-13-15-17-19-21-23-25-27-29-31-33-35-36-37-39-41-43-45-47-49-51-53-55-57-59-61-63-65-67-73(81)78-70(69-85-77-76(84)75(83)74(82)72(68-79)86-77)71(80)66-64-62-60-58-56-54-52-50-48-46-44-42-40-38-34-32-30-28-26-24-22-20-18-16-14-12-10-8-6-4-2/h5,7,11,13,17,19,23,25,29,31,35-36,39,41,45,47,70-72,74-77,79-80,82-84H,3-4,6,8-10,12,14-16,18,20-22,24,26-28,30,32-34,37-38,40,42-44,46,48-69H2,1-2H3,(H,78,81)/b7-5-,13-11-,19-17-,25-23-,31-29-,36-35-,41-39-,47-45-. The summed E-state index contributed by atoms with van der Waals surface area (Å²) in [5, 5.41) is 55.0. The number of aliphatic hydroxyl groups is 5. The van der Waals surface area contributed by atoms with Gasteiger partial charge in [0.15, 0.2) is 6.29 Å². The summed E-state index contributed by atoms with van der Waals surface area (Å²) < 4.78 is 11.4. The minimum atomic E-state index is -1.56. The molecule has 0 aromatic heterocycles. The van der Waals surface area contributed by atoms with Crippen LogP contribution >= 0.6 is 0 Å². The third kappa shape index (κ3) is 53.0. The molecule has 9 heteroatoms. The molecule has 1 rings (SSSR count). The summed E-state index contributed by atoms with van der Waals surface area (Å²) in [7, 11) is 0. The molecule has 7 unspecified atom stereocenters. The van der Waals surface area contributed by atoms with E-state index in [1.807, 2.05) is 0 Å². The summed E-state index contributed by atoms with van der Waals surface area (Å²) in [4.78, 5) is 13.2. The first-order valence-corrected chi connectivity index (χ1v) is 36.4. The van der Waals surface area contributed by atoms with Crippen LogP contribution in [-0.4, -0.2) is 87.5 Å². The van der Waals surface area contributed by atoms with Gasteiger partial charge in [-0.3, -0.25) is 4.79 Å². The predicted molar refractivity (Wildman–Crippen MR) is 368 cm³/mol. The molecule has 1 heterocycles. The maximum absolute atomic E-state index is 13.2. The van der Waals surface area contributed by atoms with Gasteiger partial charge in [-0.2, -0.15) is 0 Å². The van der Waals surface area contributed by atoms with E-state index < -0.39 is 49.5 Å². The number of aliphatic hydroxyl groups excluding tert-OH is 5. The highest BCUT2D eigenvalue weighted by Crippen LogP contribution is 2.24. The van der Waals surface area contributed by atoms with Crippen molar-refractivity contribution in [1.29, 1.82) is 0 Å². The van der Waals surface area contributed by atoms with E-state index in [4.69, 9.17) is 9.47 Å². The third-order valence-electron chi connectivity index (χ3n) is 17.0. The highest BCUT2D eigenvalue weighted by atomic mass is 16.7. The zero-order valence-electron chi connectivity index (χ0n) is 55.8. The van der Waals surface area contributed by atoms with Crippen molar-refractivity contribution in [3.8, 4) is 0 Å². The lowest BCUT2D eigenvalue weighted by Gasteiger charge is -2.40. The Morgan fingerprint density at radius 2 is 0.721 bits per heavy atom. The molecule has 0 aromatic rings. The molecule has 1 aliphatic heterocycles. The van der Waals surface area contributed by atoms with E-state index in [2.05, 4.69) is 116 Å². The molecular formula is C77H137NO8. The number of ether oxygens (including phenoxy) is 2. The van der Waals surface area contributed by atoms with Gasteiger partial charge in [0.2, 0.25) is 5.91 Å². The number of carbonyl (C=O) groups excluding carboxylic acids is 1. The Morgan fingerprint density at radius 1 is 0.407 bits per heavy atom. The van der Waals surface area contributed by atoms with Gasteiger partial charge in [-0.05, 0) is 77.0 Å². The molecule has 0 aromatic carbocycles. The van der Waals surface area contributed by atoms with Crippen molar-refractivity contribution >= 4 is 5.91 Å². The van der Waals surface area contributed by atoms with Crippen molar-refractivity contribution in [3.63, 3.8) is 0 Å². The quantitative estimate of drug-likeness (QED) is 0.0261. The minimum Gasteiger partial charge on any atom is -0.394 e. The van der Waals surface area contributed by atoms with Gasteiger partial charge in [-0.1, -0.05) is 342 Å². The topological polar surface area (TPSA) is 149 Å². The summed E-state index contributed by atoms with van der Waals surface area (Å²) in [6.07, 6.45) is 87.6. The molecule has 1 amide bonds. The largest absolute Gasteiger partial charge is 0.394 e. The summed E-state index contributed by atoms with van der Waals surface area (Å²) >= 11 is 0. The van der Waals surface area contributed by atoms with Crippen molar-refractivity contribution in [1.82, 2.24) is 5.32 Å². The Balaban J connectivity index is 2.13. The lowest BCUT2D eigenvalue weighted by atomic mass is 9.99. The van der Waals surface area contributed by atoms with Crippen LogP contribution in [0.4, 0.5) is 0 Å². The Bertz CT molecular complexity index is 1680. The van der Waals surface area contributed by atoms with Crippen molar-refractivity contribution < 1.29 is 39.8 Å². The fourth-order valence-electron chi connectivity index (χ4n) is 11.3. The van der Waals surface area contributed by atoms with Crippen LogP contribution in [0.2, 0.25) is 0 Å². The first-order chi connectivity index (χ1) is 42.3. The summed E-state index contributed by atoms with van der Waals surface area (Å²) in [5.74, 6) is -0.152. The number of rotatable bonds is 63. The first-order valence-electron chi connectivity index (χ1n) is 36.4. The molecule has 7 atom stereocenters. The summed E-state index contributed by atoms with van der Waals surface area (Å²) in [5.41, 5.74) is 0. The van der Waals surface area contributed by atoms with E-state index in [1.54, 1.807) is 0 Å². The zero-order chi connectivity index (χ0) is 62.1. The first kappa shape index (κ1) is 81.1. The summed E-state index contributed by atoms with van der Waals surface area (Å²) in [6.45, 7) is 3.75. The molecule has 0 aliphatic carbocycles. The third-order valence-corrected chi connectivity index (χ3v) is 17.0. The van der Waals surface area contributed by atoms with Crippen LogP contribution in [0.3, 0.4) is 0 Å². The minimum absolute atomic E-state index is 0.145. The van der Waals surface area contributed by atoms with E-state index in [0.29, 0.717) is 12.8 Å². The normalized spacial score (nSPS) is 18.6. The number of allylic oxidation sites excluding steroid dienone is 16. The molecule has 0 saturated carbocycles. The van der Waals surface area contributed by atoms with Gasteiger partial charge in [-0.25, -0.2) is 0 Å². The Hall–Kier alpha value is -2.89. The number of carbonyl (C=O) groups is 1. The molecule has 9 nitrogen and oxygen atoms in total. The SMILES string of the molecule is CC/C=C\C/C=C\C/C=C\C/C=C\C/C=C\C/C=C\C/C=C\C/C=C\CCCCCCCCCCC(=O)NC(COC1OC(CO)C(O)C(O)C1O)C(O)CCCCCCCCCCCCCCCCCCCCCCCCCCCCCCCC. The number of nitrogens with one attached hydrogen (secondary N) is 1. The van der Waals surface area contributed by atoms with Gasteiger partial charge >= 0.3 is 0 Å². The molecule has 1 fully saturated rings. The fraction of sp³-hybridized carbons (Fsp3) is 0.779. The van der Waals surface area contributed by atoms with E-state index >= 15 is 0 Å². The van der Waals surface area contributed by atoms with Crippen molar-refractivity contribution in [2.24, 2.45) is 0 Å². The molecule has 86 heavy (non-hydrogen) atoms. The van der Waals surface area contributed by atoms with Crippen molar-refractivity contribution in [3.05, 3.63) is 97.2 Å². The molecule has 6 N–H and O–H groups in total. The Morgan fingerprint density at radius 3 is 1.07 bits per heavy atom. The van der Waals surface area contributed by atoms with Crippen LogP contribution in [-0.2, 0) is 14.3 Å². The van der Waals surface area contributed by atoms with E-state index in [-0.39, 0.29) is 12.5 Å². The molecule has 498 valence electrons. The molecule has 0 spiro atoms. The van der Waals surface area contributed by atoms with Crippen LogP contribution in [0.1, 0.15) is 328 Å². The molecule has 1 saturated heterocycles. The second-order valence-electron chi connectivity index (χ2n) is 25.0. The van der Waals surface area contributed by atoms with Gasteiger partial charge in [0.25, 0.3) is 0 Å². The monoisotopic (exact) mass is 1200 g/mol. The summed E-state index contributed by atoms with van der Waals surface area (Å²) in [6, 6.07) is -0.733. The number of unbranched alkanes of at least 4 members (excludes halogenated alkanes) is 37. The highest BCUT2D eigenvalue weighted by Gasteiger charge is 2.44. The van der Waals surface area contributed by atoms with Crippen LogP contribution in [0.25, 0.3) is 0 Å². The number of hydrogen-bond donors (Lipinski definition) is 6. The lowest BCUT2D eigenvalue weighted by molar-refractivity contribution is -0.302. The Kier molecular flexibility index (Phi) is 61.4. The molecule has 1 aliphatic rings. The van der Waals surface area contributed by atoms with Crippen LogP contribution in [0, 0.1) is 0 Å². The average molecular weight is 1200 g/mol. The zero-order valence-corrected chi connectivity index (χ0v) is 55.8. The van der Waals surface area contributed by atoms with Crippen molar-refractivity contribution in [2.75, 3.05) is 13.2 Å². The maximum Gasteiger partial charge on any atom is 0.220 e. The van der Waals surface area contributed by atoms with E-state index in [0.717, 1.165) is 103 Å². The van der Waals surface area contributed by atoms with Gasteiger partial charge < -0.3 is 40.3 Å².